The summed E-state index contributed by atoms with van der Waals surface area (Å²) in [5.74, 6) is 0.249. The van der Waals surface area contributed by atoms with Gasteiger partial charge in [-0.3, -0.25) is 14.5 Å². The molecule has 0 spiro atoms. The van der Waals surface area contributed by atoms with Gasteiger partial charge in [0, 0.05) is 64.2 Å². The number of halogens is 4. The highest BCUT2D eigenvalue weighted by Crippen LogP contribution is 2.28. The van der Waals surface area contributed by atoms with E-state index in [1.165, 1.54) is 0 Å². The molecule has 0 aliphatic carbocycles. The zero-order valence-corrected chi connectivity index (χ0v) is 19.9. The van der Waals surface area contributed by atoms with E-state index in [0.29, 0.717) is 56.0 Å². The first-order chi connectivity index (χ1) is 16.1. The summed E-state index contributed by atoms with van der Waals surface area (Å²) in [6.45, 7) is 5.89. The summed E-state index contributed by atoms with van der Waals surface area (Å²) in [6.07, 6.45) is -1.36. The summed E-state index contributed by atoms with van der Waals surface area (Å²) in [5.41, 5.74) is -0.582. The van der Waals surface area contributed by atoms with E-state index in [0.717, 1.165) is 12.4 Å². The minimum absolute atomic E-state index is 0.0447. The SMILES string of the molecule is C[C@@H](CN1CC(C(=O)N2CCN(c3ncc(C(F)(F)F)cn3)CC2)C1)Nc1cn[nH]c(=O)c1Br. The molecule has 0 aromatic carbocycles. The third kappa shape index (κ3) is 5.49. The first-order valence-electron chi connectivity index (χ1n) is 10.8. The molecule has 4 heterocycles. The first kappa shape index (κ1) is 24.4. The van der Waals surface area contributed by atoms with Crippen LogP contribution in [0.1, 0.15) is 12.5 Å². The third-order valence-corrected chi connectivity index (χ3v) is 6.66. The number of hydrogen-bond acceptors (Lipinski definition) is 8. The van der Waals surface area contributed by atoms with Crippen LogP contribution in [0.25, 0.3) is 0 Å². The van der Waals surface area contributed by atoms with E-state index >= 15 is 0 Å². The molecule has 2 saturated heterocycles. The van der Waals surface area contributed by atoms with Crippen molar-refractivity contribution in [2.24, 2.45) is 5.92 Å². The normalized spacial score (nSPS) is 18.5. The molecular formula is C20H24BrF3N8O2. The Bertz CT molecular complexity index is 1070. The Labute approximate surface area is 201 Å². The Kier molecular flexibility index (Phi) is 7.07. The molecule has 2 aliphatic rings. The number of amides is 1. The molecule has 0 radical (unpaired) electrons. The molecule has 1 atom stereocenters. The molecule has 2 aromatic heterocycles. The number of likely N-dealkylation sites (tertiary alicyclic amines) is 1. The average Bonchev–Trinajstić information content (AvgIpc) is 2.78. The van der Waals surface area contributed by atoms with Gasteiger partial charge >= 0.3 is 6.18 Å². The molecule has 4 rings (SSSR count). The lowest BCUT2D eigenvalue weighted by Crippen LogP contribution is -2.59. The van der Waals surface area contributed by atoms with Crippen molar-refractivity contribution in [1.82, 2.24) is 30.0 Å². The fourth-order valence-corrected chi connectivity index (χ4v) is 4.38. The smallest absolute Gasteiger partial charge is 0.379 e. The highest BCUT2D eigenvalue weighted by Gasteiger charge is 2.37. The van der Waals surface area contributed by atoms with Crippen LogP contribution in [0, 0.1) is 5.92 Å². The van der Waals surface area contributed by atoms with Crippen molar-refractivity contribution in [3.63, 3.8) is 0 Å². The number of piperazine rings is 1. The minimum atomic E-state index is -4.47. The maximum absolute atomic E-state index is 12.8. The van der Waals surface area contributed by atoms with E-state index in [1.54, 1.807) is 16.0 Å². The maximum atomic E-state index is 12.8. The van der Waals surface area contributed by atoms with Gasteiger partial charge in [-0.05, 0) is 22.9 Å². The second-order valence-corrected chi connectivity index (χ2v) is 9.26. The van der Waals surface area contributed by atoms with Gasteiger partial charge in [0.15, 0.2) is 0 Å². The molecule has 0 unspecified atom stereocenters. The van der Waals surface area contributed by atoms with Crippen LogP contribution in [-0.4, -0.2) is 87.7 Å². The number of anilines is 2. The van der Waals surface area contributed by atoms with Crippen LogP contribution >= 0.6 is 15.9 Å². The number of nitrogens with one attached hydrogen (secondary N) is 2. The van der Waals surface area contributed by atoms with Crippen molar-refractivity contribution >= 4 is 33.5 Å². The van der Waals surface area contributed by atoms with Gasteiger partial charge in [-0.1, -0.05) is 0 Å². The Morgan fingerprint density at radius 1 is 1.21 bits per heavy atom. The van der Waals surface area contributed by atoms with Crippen molar-refractivity contribution < 1.29 is 18.0 Å². The zero-order valence-electron chi connectivity index (χ0n) is 18.3. The standard InChI is InChI=1S/C20H24BrF3N8O2/c1-12(28-15-8-27-29-17(33)16(15)21)9-30-10-13(11-30)18(34)31-2-4-32(5-3-31)19-25-6-14(7-26-19)20(22,23)24/h6-8,12-13H,2-5,9-11H2,1H3,(H2,28,29,33)/t12-/m0/s1. The Morgan fingerprint density at radius 3 is 2.47 bits per heavy atom. The monoisotopic (exact) mass is 544 g/mol. The molecule has 2 aromatic rings. The molecular weight excluding hydrogens is 521 g/mol. The van der Waals surface area contributed by atoms with Crippen LogP contribution in [0.3, 0.4) is 0 Å². The van der Waals surface area contributed by atoms with Crippen molar-refractivity contribution in [2.75, 3.05) is 56.0 Å². The summed E-state index contributed by atoms with van der Waals surface area (Å²) in [7, 11) is 0. The van der Waals surface area contributed by atoms with Crippen LogP contribution in [0.4, 0.5) is 24.8 Å². The fraction of sp³-hybridized carbons (Fsp3) is 0.550. The number of carbonyl (C=O) groups excluding carboxylic acids is 1. The maximum Gasteiger partial charge on any atom is 0.419 e. The number of aromatic nitrogens is 4. The molecule has 2 N–H and O–H groups in total. The number of carbonyl (C=O) groups is 1. The summed E-state index contributed by atoms with van der Waals surface area (Å²) >= 11 is 3.24. The Hall–Kier alpha value is -2.74. The molecule has 0 saturated carbocycles. The van der Waals surface area contributed by atoms with Gasteiger partial charge in [-0.2, -0.15) is 18.3 Å². The number of nitrogens with zero attached hydrogens (tertiary/aromatic N) is 6. The largest absolute Gasteiger partial charge is 0.419 e. The van der Waals surface area contributed by atoms with Crippen LogP contribution in [0.5, 0.6) is 0 Å². The second kappa shape index (κ2) is 9.86. The van der Waals surface area contributed by atoms with Crippen molar-refractivity contribution in [3.8, 4) is 0 Å². The third-order valence-electron chi connectivity index (χ3n) is 5.88. The van der Waals surface area contributed by atoms with Crippen LogP contribution in [0.15, 0.2) is 27.9 Å². The minimum Gasteiger partial charge on any atom is -0.379 e. The average molecular weight is 545 g/mol. The van der Waals surface area contributed by atoms with E-state index in [2.05, 4.69) is 46.3 Å². The number of hydrogen-bond donors (Lipinski definition) is 2. The second-order valence-electron chi connectivity index (χ2n) is 8.47. The Balaban J connectivity index is 1.20. The topological polar surface area (TPSA) is 110 Å². The number of alkyl halides is 3. The molecule has 2 aliphatic heterocycles. The zero-order chi connectivity index (χ0) is 24.5. The predicted octanol–water partition coefficient (Wildman–Crippen LogP) is 1.42. The predicted molar refractivity (Wildman–Crippen MR) is 121 cm³/mol. The van der Waals surface area contributed by atoms with Crippen LogP contribution < -0.4 is 15.8 Å². The van der Waals surface area contributed by atoms with Crippen molar-refractivity contribution in [3.05, 3.63) is 39.0 Å². The molecule has 1 amide bonds. The van der Waals surface area contributed by atoms with Crippen molar-refractivity contribution in [1.29, 1.82) is 0 Å². The van der Waals surface area contributed by atoms with Gasteiger partial charge in [-0.15, -0.1) is 0 Å². The van der Waals surface area contributed by atoms with Gasteiger partial charge in [0.25, 0.3) is 5.56 Å². The van der Waals surface area contributed by atoms with Gasteiger partial charge in [0.2, 0.25) is 11.9 Å². The van der Waals surface area contributed by atoms with Gasteiger partial charge in [-0.25, -0.2) is 15.1 Å². The fourth-order valence-electron chi connectivity index (χ4n) is 4.07. The lowest BCUT2D eigenvalue weighted by atomic mass is 9.97. The van der Waals surface area contributed by atoms with Crippen molar-refractivity contribution in [2.45, 2.75) is 19.1 Å². The van der Waals surface area contributed by atoms with Gasteiger partial charge in [0.1, 0.15) is 4.47 Å². The van der Waals surface area contributed by atoms with Crippen LogP contribution in [-0.2, 0) is 11.0 Å². The number of rotatable bonds is 6. The first-order valence-corrected chi connectivity index (χ1v) is 11.6. The molecule has 10 nitrogen and oxygen atoms in total. The molecule has 184 valence electrons. The lowest BCUT2D eigenvalue weighted by Gasteiger charge is -2.43. The van der Waals surface area contributed by atoms with Gasteiger partial charge < -0.3 is 15.1 Å². The molecule has 0 bridgehead atoms. The van der Waals surface area contributed by atoms with E-state index in [4.69, 9.17) is 0 Å². The summed E-state index contributed by atoms with van der Waals surface area (Å²) < 4.78 is 38.4. The summed E-state index contributed by atoms with van der Waals surface area (Å²) in [4.78, 5) is 37.9. The van der Waals surface area contributed by atoms with Gasteiger partial charge in [0.05, 0.1) is 23.4 Å². The number of aromatic amines is 1. The molecule has 2 fully saturated rings. The summed E-state index contributed by atoms with van der Waals surface area (Å²) in [5, 5.41) is 9.38. The highest BCUT2D eigenvalue weighted by molar-refractivity contribution is 9.10. The molecule has 34 heavy (non-hydrogen) atoms. The van der Waals surface area contributed by atoms with E-state index in [1.807, 2.05) is 6.92 Å². The lowest BCUT2D eigenvalue weighted by molar-refractivity contribution is -0.141. The Morgan fingerprint density at radius 2 is 1.85 bits per heavy atom. The molecule has 14 heteroatoms. The summed E-state index contributed by atoms with van der Waals surface area (Å²) in [6, 6.07) is 0.0447. The quantitative estimate of drug-likeness (QED) is 0.561. The highest BCUT2D eigenvalue weighted by atomic mass is 79.9. The van der Waals surface area contributed by atoms with E-state index in [9.17, 15) is 22.8 Å². The van der Waals surface area contributed by atoms with E-state index in [-0.39, 0.29) is 29.4 Å². The number of H-pyrrole nitrogens is 1. The van der Waals surface area contributed by atoms with E-state index < -0.39 is 11.7 Å². The van der Waals surface area contributed by atoms with Crippen LogP contribution in [0.2, 0.25) is 0 Å².